The first-order chi connectivity index (χ1) is 15.4. The van der Waals surface area contributed by atoms with Gasteiger partial charge in [0.05, 0.1) is 22.7 Å². The third-order valence-electron chi connectivity index (χ3n) is 4.94. The number of halogens is 6. The first-order valence-corrected chi connectivity index (χ1v) is 10.1. The molecule has 14 heteroatoms. The van der Waals surface area contributed by atoms with Crippen molar-refractivity contribution in [2.75, 3.05) is 18.4 Å². The van der Waals surface area contributed by atoms with Gasteiger partial charge in [0, 0.05) is 13.0 Å². The Labute approximate surface area is 186 Å². The van der Waals surface area contributed by atoms with Crippen LogP contribution in [0.25, 0.3) is 0 Å². The normalized spacial score (nSPS) is 21.9. The van der Waals surface area contributed by atoms with Crippen molar-refractivity contribution in [3.05, 3.63) is 51.7 Å². The lowest BCUT2D eigenvalue weighted by molar-refractivity contribution is -0.192. The van der Waals surface area contributed by atoms with Gasteiger partial charge in [0.1, 0.15) is 17.5 Å². The van der Waals surface area contributed by atoms with E-state index in [1.165, 1.54) is 16.2 Å². The monoisotopic (exact) mass is 494 g/mol. The number of piperidine rings is 1. The molecule has 1 spiro atoms. The Hall–Kier alpha value is -3.29. The number of amidine groups is 1. The number of hydrogen-bond acceptors (Lipinski definition) is 6. The van der Waals surface area contributed by atoms with Crippen molar-refractivity contribution >= 4 is 34.7 Å². The van der Waals surface area contributed by atoms with Gasteiger partial charge in [-0.05, 0) is 23.6 Å². The van der Waals surface area contributed by atoms with E-state index in [4.69, 9.17) is 15.6 Å². The van der Waals surface area contributed by atoms with Gasteiger partial charge in [0.15, 0.2) is 11.8 Å². The number of rotatable bonds is 1. The van der Waals surface area contributed by atoms with Crippen LogP contribution in [0.5, 0.6) is 0 Å². The lowest BCUT2D eigenvalue weighted by Gasteiger charge is -2.44. The van der Waals surface area contributed by atoms with E-state index in [9.17, 15) is 26.7 Å². The molecule has 0 aliphatic carbocycles. The van der Waals surface area contributed by atoms with Gasteiger partial charge < -0.3 is 21.1 Å². The van der Waals surface area contributed by atoms with E-state index in [0.717, 1.165) is 12.1 Å². The number of carboxylic acids is 1. The average molecular weight is 494 g/mol. The summed E-state index contributed by atoms with van der Waals surface area (Å²) < 4.78 is 74.9. The lowest BCUT2D eigenvalue weighted by Crippen LogP contribution is -2.60. The van der Waals surface area contributed by atoms with Crippen LogP contribution in [0, 0.1) is 11.6 Å². The van der Waals surface area contributed by atoms with E-state index >= 15 is 4.39 Å². The van der Waals surface area contributed by atoms with Crippen molar-refractivity contribution in [2.45, 2.75) is 24.4 Å². The van der Waals surface area contributed by atoms with Gasteiger partial charge in [-0.25, -0.2) is 23.0 Å². The Bertz CT molecular complexity index is 1090. The number of benzene rings is 1. The van der Waals surface area contributed by atoms with Crippen molar-refractivity contribution in [3.8, 4) is 0 Å². The van der Waals surface area contributed by atoms with Gasteiger partial charge in [0.25, 0.3) is 5.91 Å². The number of nitrogens with two attached hydrogens (primary N) is 1. The summed E-state index contributed by atoms with van der Waals surface area (Å²) >= 11 is 1.28. The second-order valence-electron chi connectivity index (χ2n) is 7.07. The van der Waals surface area contributed by atoms with E-state index in [1.807, 2.05) is 0 Å². The van der Waals surface area contributed by atoms with Crippen molar-refractivity contribution in [1.82, 2.24) is 4.90 Å². The number of aliphatic carboxylic acids is 1. The predicted octanol–water partition coefficient (Wildman–Crippen LogP) is 3.37. The zero-order chi connectivity index (χ0) is 24.6. The van der Waals surface area contributed by atoms with Gasteiger partial charge in [0.2, 0.25) is 0 Å². The first-order valence-electron chi connectivity index (χ1n) is 9.24. The Morgan fingerprint density at radius 3 is 2.42 bits per heavy atom. The second kappa shape index (κ2) is 8.92. The molecule has 2 aliphatic heterocycles. The average Bonchev–Trinajstić information content (AvgIpc) is 3.27. The number of carbonyl (C=O) groups is 2. The van der Waals surface area contributed by atoms with Gasteiger partial charge in [-0.15, -0.1) is 11.3 Å². The molecule has 4 N–H and O–H groups in total. The van der Waals surface area contributed by atoms with E-state index in [1.54, 1.807) is 17.5 Å². The van der Waals surface area contributed by atoms with Gasteiger partial charge >= 0.3 is 12.1 Å². The number of carbonyl (C=O) groups excluding carboxylic acids is 1. The fourth-order valence-corrected chi connectivity index (χ4v) is 4.04. The van der Waals surface area contributed by atoms with Crippen LogP contribution in [-0.2, 0) is 4.79 Å². The number of nitrogens with one attached hydrogen (secondary N) is 1. The molecule has 1 fully saturated rings. The van der Waals surface area contributed by atoms with Crippen LogP contribution in [-0.4, -0.2) is 58.8 Å². The van der Waals surface area contributed by atoms with Crippen molar-refractivity contribution in [2.24, 2.45) is 10.7 Å². The number of thiophene rings is 1. The van der Waals surface area contributed by atoms with Crippen molar-refractivity contribution in [3.63, 3.8) is 0 Å². The number of fused-ring (bicyclic) bond motifs is 1. The number of nitrogens with zero attached hydrogens (tertiary/aromatic N) is 2. The summed E-state index contributed by atoms with van der Waals surface area (Å²) in [4.78, 5) is 27.3. The summed E-state index contributed by atoms with van der Waals surface area (Å²) in [6.07, 6.45) is -6.63. The molecule has 1 aromatic carbocycles. The van der Waals surface area contributed by atoms with Crippen molar-refractivity contribution < 1.29 is 41.0 Å². The number of aliphatic imine (C=N–C) groups is 1. The summed E-state index contributed by atoms with van der Waals surface area (Å²) in [7, 11) is 0. The quantitative estimate of drug-likeness (QED) is 0.527. The van der Waals surface area contributed by atoms with Crippen molar-refractivity contribution in [1.29, 1.82) is 0 Å². The molecule has 0 saturated carbocycles. The van der Waals surface area contributed by atoms with E-state index in [2.05, 4.69) is 10.3 Å². The van der Waals surface area contributed by atoms with Gasteiger partial charge in [-0.2, -0.15) is 13.2 Å². The highest BCUT2D eigenvalue weighted by Gasteiger charge is 2.48. The number of anilines is 1. The molecule has 3 heterocycles. The van der Waals surface area contributed by atoms with Crippen LogP contribution in [0.2, 0.25) is 0 Å². The predicted molar refractivity (Wildman–Crippen MR) is 107 cm³/mol. The minimum atomic E-state index is -5.08. The number of amides is 1. The molecule has 2 aromatic rings. The largest absolute Gasteiger partial charge is 0.490 e. The van der Waals surface area contributed by atoms with E-state index in [0.29, 0.717) is 4.88 Å². The molecule has 2 unspecified atom stereocenters. The van der Waals surface area contributed by atoms with Gasteiger partial charge in [-0.1, -0.05) is 6.07 Å². The second-order valence-corrected chi connectivity index (χ2v) is 8.02. The maximum absolute atomic E-state index is 15.0. The Kier molecular flexibility index (Phi) is 6.58. The summed E-state index contributed by atoms with van der Waals surface area (Å²) in [5.74, 6) is -4.74. The number of carboxylic acid groups (broad SMARTS) is 1. The molecule has 1 aromatic heterocycles. The molecule has 4 rings (SSSR count). The maximum Gasteiger partial charge on any atom is 0.490 e. The fraction of sp³-hybridized carbons (Fsp3) is 0.316. The third-order valence-corrected chi connectivity index (χ3v) is 5.80. The third kappa shape index (κ3) is 4.89. The summed E-state index contributed by atoms with van der Waals surface area (Å²) in [5, 5.41) is 11.6. The van der Waals surface area contributed by atoms with Crippen LogP contribution in [0.3, 0.4) is 0 Å². The Balaban J connectivity index is 0.000000383. The lowest BCUT2D eigenvalue weighted by atomic mass is 9.91. The maximum atomic E-state index is 15.0. The highest BCUT2D eigenvalue weighted by atomic mass is 32.1. The molecule has 1 saturated heterocycles. The summed E-state index contributed by atoms with van der Waals surface area (Å²) in [6.45, 7) is -0.0000170. The van der Waals surface area contributed by atoms with E-state index < -0.39 is 35.6 Å². The molecule has 2 atom stereocenters. The zero-order valence-electron chi connectivity index (χ0n) is 16.5. The smallest absolute Gasteiger partial charge is 0.475 e. The molecule has 33 heavy (non-hydrogen) atoms. The molecule has 1 amide bonds. The molecular formula is C19H16F6N4O3S. The summed E-state index contributed by atoms with van der Waals surface area (Å²) in [6, 6.07) is 5.33. The van der Waals surface area contributed by atoms with E-state index in [-0.39, 0.29) is 42.5 Å². The van der Waals surface area contributed by atoms with Gasteiger partial charge in [-0.3, -0.25) is 4.79 Å². The minimum Gasteiger partial charge on any atom is -0.475 e. The Morgan fingerprint density at radius 1 is 1.24 bits per heavy atom. The van der Waals surface area contributed by atoms with Crippen LogP contribution < -0.4 is 11.1 Å². The highest BCUT2D eigenvalue weighted by Crippen LogP contribution is 2.38. The fourth-order valence-electron chi connectivity index (χ4n) is 3.34. The summed E-state index contributed by atoms with van der Waals surface area (Å²) in [5.41, 5.74) is 3.91. The minimum absolute atomic E-state index is 0.0847. The number of hydrogen-bond donors (Lipinski definition) is 3. The van der Waals surface area contributed by atoms with Crippen LogP contribution >= 0.6 is 11.3 Å². The SMILES string of the molecule is NC1=NC2(CCN(C(=O)c3cccs3)CC2F)Nc2c(F)ccc(F)c21.O=C(O)C(F)(F)F. The molecule has 7 nitrogen and oxygen atoms in total. The standard InChI is InChI=1S/C17H15F3N4OS.C2HF3O2/c18-9-3-4-10(19)14-13(9)15(21)23-17(22-14)5-6-24(8-12(17)20)16(25)11-2-1-7-26-11;3-2(4,5)1(6)7/h1-4,7,12,22H,5-6,8H2,(H2,21,23);(H,6,7). The number of alkyl halides is 4. The molecular weight excluding hydrogens is 478 g/mol. The molecule has 0 radical (unpaired) electrons. The molecule has 178 valence electrons. The van der Waals surface area contributed by atoms with Crippen LogP contribution in [0.1, 0.15) is 21.7 Å². The Morgan fingerprint density at radius 2 is 1.88 bits per heavy atom. The molecule has 2 aliphatic rings. The topological polar surface area (TPSA) is 108 Å². The zero-order valence-corrected chi connectivity index (χ0v) is 17.3. The van der Waals surface area contributed by atoms with Crippen LogP contribution in [0.15, 0.2) is 34.6 Å². The molecule has 0 bridgehead atoms. The first kappa shape index (κ1) is 24.4. The van der Waals surface area contributed by atoms with Crippen LogP contribution in [0.4, 0.5) is 32.0 Å². The number of likely N-dealkylation sites (tertiary alicyclic amines) is 1. The highest BCUT2D eigenvalue weighted by molar-refractivity contribution is 7.12.